The maximum atomic E-state index is 14.3. The topological polar surface area (TPSA) is 81.3 Å². The molecule has 0 unspecified atom stereocenters. The molecule has 0 spiro atoms. The standard InChI is InChI=1S/C25H27ClFN5O2/c1-15-11-16(21(27)12-20(15)26)13-28-25(34)32(17-8-9-17)18-5-4-10-31(14-18)24-29-22-7-3-2-6-19(22)23(33)30-24/h2-3,6-7,11-12,17-18H,4-5,8-10,13-14H2,1H3,(H,28,34)(H,29,30,33)/t18-/m1/s1. The zero-order chi connectivity index (χ0) is 23.8. The minimum absolute atomic E-state index is 0.0187. The molecule has 3 aromatic rings. The Kier molecular flexibility index (Phi) is 6.16. The van der Waals surface area contributed by atoms with Crippen molar-refractivity contribution >= 4 is 34.5 Å². The largest absolute Gasteiger partial charge is 0.340 e. The number of halogens is 2. The molecule has 178 valence electrons. The van der Waals surface area contributed by atoms with Crippen molar-refractivity contribution in [2.75, 3.05) is 18.0 Å². The van der Waals surface area contributed by atoms with Crippen LogP contribution in [0.4, 0.5) is 15.1 Å². The first kappa shape index (κ1) is 22.7. The molecule has 2 aliphatic rings. The van der Waals surface area contributed by atoms with E-state index < -0.39 is 5.82 Å². The van der Waals surface area contributed by atoms with Crippen LogP contribution in [-0.4, -0.2) is 46.1 Å². The summed E-state index contributed by atoms with van der Waals surface area (Å²) in [6.45, 7) is 3.25. The van der Waals surface area contributed by atoms with Gasteiger partial charge >= 0.3 is 6.03 Å². The number of nitrogens with zero attached hydrogens (tertiary/aromatic N) is 3. The predicted octanol–water partition coefficient (Wildman–Crippen LogP) is 4.37. The van der Waals surface area contributed by atoms with Crippen LogP contribution in [0.25, 0.3) is 10.9 Å². The van der Waals surface area contributed by atoms with Gasteiger partial charge in [0.05, 0.1) is 16.9 Å². The van der Waals surface area contributed by atoms with Crippen LogP contribution < -0.4 is 15.8 Å². The monoisotopic (exact) mass is 483 g/mol. The fraction of sp³-hybridized carbons (Fsp3) is 0.400. The number of para-hydroxylation sites is 1. The van der Waals surface area contributed by atoms with Crippen molar-refractivity contribution in [3.8, 4) is 0 Å². The van der Waals surface area contributed by atoms with Gasteiger partial charge in [0.15, 0.2) is 0 Å². The highest BCUT2D eigenvalue weighted by Gasteiger charge is 2.39. The highest BCUT2D eigenvalue weighted by Crippen LogP contribution is 2.32. The van der Waals surface area contributed by atoms with Crippen molar-refractivity contribution in [2.24, 2.45) is 0 Å². The first-order chi connectivity index (χ1) is 16.4. The number of carbonyl (C=O) groups excluding carboxylic acids is 1. The van der Waals surface area contributed by atoms with Gasteiger partial charge in [0.25, 0.3) is 5.56 Å². The average molecular weight is 484 g/mol. The summed E-state index contributed by atoms with van der Waals surface area (Å²) >= 11 is 5.99. The molecule has 2 heterocycles. The number of hydrogen-bond acceptors (Lipinski definition) is 4. The van der Waals surface area contributed by atoms with E-state index in [1.807, 2.05) is 34.9 Å². The van der Waals surface area contributed by atoms with Crippen molar-refractivity contribution in [1.82, 2.24) is 20.2 Å². The molecule has 2 aromatic carbocycles. The van der Waals surface area contributed by atoms with Crippen LogP contribution in [0.2, 0.25) is 5.02 Å². The van der Waals surface area contributed by atoms with Crippen LogP contribution in [0.5, 0.6) is 0 Å². The Hall–Kier alpha value is -3.13. The van der Waals surface area contributed by atoms with Gasteiger partial charge in [-0.25, -0.2) is 14.2 Å². The first-order valence-electron chi connectivity index (χ1n) is 11.7. The van der Waals surface area contributed by atoms with Gasteiger partial charge in [0, 0.05) is 36.3 Å². The first-order valence-corrected chi connectivity index (χ1v) is 12.0. The molecular weight excluding hydrogens is 457 g/mol. The quantitative estimate of drug-likeness (QED) is 0.564. The molecule has 1 saturated carbocycles. The number of rotatable bonds is 5. The number of aryl methyl sites for hydroxylation is 1. The second-order valence-corrected chi connectivity index (χ2v) is 9.55. The normalized spacial score (nSPS) is 18.2. The van der Waals surface area contributed by atoms with Crippen molar-refractivity contribution in [2.45, 2.75) is 51.2 Å². The summed E-state index contributed by atoms with van der Waals surface area (Å²) in [7, 11) is 0. The van der Waals surface area contributed by atoms with E-state index in [-0.39, 0.29) is 30.2 Å². The Labute approximate surface area is 201 Å². The fourth-order valence-electron chi connectivity index (χ4n) is 4.70. The lowest BCUT2D eigenvalue weighted by molar-refractivity contribution is 0.160. The van der Waals surface area contributed by atoms with Crippen LogP contribution in [0.1, 0.15) is 36.8 Å². The molecule has 1 atom stereocenters. The van der Waals surface area contributed by atoms with E-state index in [4.69, 9.17) is 11.6 Å². The molecule has 2 amide bonds. The minimum atomic E-state index is -0.427. The number of amides is 2. The van der Waals surface area contributed by atoms with Gasteiger partial charge in [0.2, 0.25) is 5.95 Å². The smallest absolute Gasteiger partial charge is 0.318 e. The van der Waals surface area contributed by atoms with Crippen LogP contribution >= 0.6 is 11.6 Å². The molecule has 1 saturated heterocycles. The second kappa shape index (κ2) is 9.25. The summed E-state index contributed by atoms with van der Waals surface area (Å²) in [6.07, 6.45) is 3.67. The van der Waals surface area contributed by atoms with Crippen LogP contribution in [0, 0.1) is 12.7 Å². The van der Waals surface area contributed by atoms with Crippen molar-refractivity contribution in [3.05, 3.63) is 68.7 Å². The van der Waals surface area contributed by atoms with E-state index in [1.165, 1.54) is 6.07 Å². The number of aromatic amines is 1. The van der Waals surface area contributed by atoms with Gasteiger partial charge in [-0.1, -0.05) is 23.7 Å². The van der Waals surface area contributed by atoms with E-state index in [1.54, 1.807) is 12.1 Å². The summed E-state index contributed by atoms with van der Waals surface area (Å²) in [5.41, 5.74) is 1.67. The third-order valence-electron chi connectivity index (χ3n) is 6.62. The molecule has 9 heteroatoms. The van der Waals surface area contributed by atoms with Gasteiger partial charge in [-0.05, 0) is 62.4 Å². The molecule has 0 radical (unpaired) electrons. The Morgan fingerprint density at radius 3 is 2.85 bits per heavy atom. The number of carbonyl (C=O) groups is 1. The number of H-pyrrole nitrogens is 1. The number of nitrogens with one attached hydrogen (secondary N) is 2. The summed E-state index contributed by atoms with van der Waals surface area (Å²) in [4.78, 5) is 37.3. The van der Waals surface area contributed by atoms with E-state index in [0.29, 0.717) is 34.0 Å². The lowest BCUT2D eigenvalue weighted by Crippen LogP contribution is -2.54. The van der Waals surface area contributed by atoms with E-state index in [2.05, 4.69) is 15.3 Å². The summed E-state index contributed by atoms with van der Waals surface area (Å²) in [5, 5.41) is 3.83. The van der Waals surface area contributed by atoms with Crippen LogP contribution in [-0.2, 0) is 6.54 Å². The average Bonchev–Trinajstić information content (AvgIpc) is 3.66. The molecule has 7 nitrogen and oxygen atoms in total. The number of aromatic nitrogens is 2. The zero-order valence-electron chi connectivity index (χ0n) is 19.0. The molecular formula is C25H27ClFN5O2. The molecule has 1 aliphatic heterocycles. The van der Waals surface area contributed by atoms with Gasteiger partial charge in [-0.3, -0.25) is 9.78 Å². The number of urea groups is 1. The molecule has 34 heavy (non-hydrogen) atoms. The molecule has 2 N–H and O–H groups in total. The Balaban J connectivity index is 1.32. The van der Waals surface area contributed by atoms with Gasteiger partial charge in [-0.15, -0.1) is 0 Å². The highest BCUT2D eigenvalue weighted by atomic mass is 35.5. The van der Waals surface area contributed by atoms with E-state index in [9.17, 15) is 14.0 Å². The number of benzene rings is 2. The third kappa shape index (κ3) is 4.59. The predicted molar refractivity (Wildman–Crippen MR) is 131 cm³/mol. The molecule has 0 bridgehead atoms. The van der Waals surface area contributed by atoms with Crippen molar-refractivity contribution in [3.63, 3.8) is 0 Å². The number of fused-ring (bicyclic) bond motifs is 1. The number of hydrogen-bond donors (Lipinski definition) is 2. The summed E-state index contributed by atoms with van der Waals surface area (Å²) in [6, 6.07) is 10.2. The Morgan fingerprint density at radius 2 is 2.06 bits per heavy atom. The summed E-state index contributed by atoms with van der Waals surface area (Å²) < 4.78 is 14.3. The highest BCUT2D eigenvalue weighted by molar-refractivity contribution is 6.31. The van der Waals surface area contributed by atoms with Crippen LogP contribution in [0.15, 0.2) is 41.2 Å². The minimum Gasteiger partial charge on any atom is -0.340 e. The van der Waals surface area contributed by atoms with E-state index >= 15 is 0 Å². The lowest BCUT2D eigenvalue weighted by atomic mass is 10.0. The molecule has 2 fully saturated rings. The SMILES string of the molecule is Cc1cc(CNC(=O)N(C2CC2)[C@@H]2CCCN(c3nc4ccccc4c(=O)[nH]3)C2)c(F)cc1Cl. The van der Waals surface area contributed by atoms with Crippen molar-refractivity contribution in [1.29, 1.82) is 0 Å². The molecule has 1 aliphatic carbocycles. The Morgan fingerprint density at radius 1 is 1.26 bits per heavy atom. The number of anilines is 1. The van der Waals surface area contributed by atoms with Gasteiger partial charge < -0.3 is 15.1 Å². The van der Waals surface area contributed by atoms with Crippen LogP contribution in [0.3, 0.4) is 0 Å². The fourth-order valence-corrected chi connectivity index (χ4v) is 4.85. The maximum absolute atomic E-state index is 14.3. The Bertz CT molecular complexity index is 1290. The third-order valence-corrected chi connectivity index (χ3v) is 7.03. The zero-order valence-corrected chi connectivity index (χ0v) is 19.7. The van der Waals surface area contributed by atoms with Gasteiger partial charge in [-0.2, -0.15) is 0 Å². The maximum Gasteiger partial charge on any atom is 0.318 e. The van der Waals surface area contributed by atoms with Crippen molar-refractivity contribution < 1.29 is 9.18 Å². The van der Waals surface area contributed by atoms with Gasteiger partial charge in [0.1, 0.15) is 5.82 Å². The number of piperidine rings is 1. The molecule has 1 aromatic heterocycles. The second-order valence-electron chi connectivity index (χ2n) is 9.14. The molecule has 5 rings (SSSR count). The summed E-state index contributed by atoms with van der Waals surface area (Å²) in [5.74, 6) is 0.104. The van der Waals surface area contributed by atoms with E-state index in [0.717, 1.165) is 37.8 Å². The lowest BCUT2D eigenvalue weighted by Gasteiger charge is -2.39.